The van der Waals surface area contributed by atoms with Crippen LogP contribution < -0.4 is 11.0 Å². The molecule has 1 aromatic heterocycles. The van der Waals surface area contributed by atoms with Crippen molar-refractivity contribution in [2.75, 3.05) is 26.2 Å². The maximum atomic E-state index is 12.9. The van der Waals surface area contributed by atoms with Crippen molar-refractivity contribution in [3.8, 4) is 0 Å². The molecule has 0 aliphatic carbocycles. The van der Waals surface area contributed by atoms with Gasteiger partial charge in [0.1, 0.15) is 0 Å². The Kier molecular flexibility index (Phi) is 7.51. The zero-order valence-electron chi connectivity index (χ0n) is 20.7. The van der Waals surface area contributed by atoms with Crippen molar-refractivity contribution >= 4 is 23.0 Å². The number of likely N-dealkylation sites (tertiary alicyclic amines) is 2. The Morgan fingerprint density at radius 1 is 0.944 bits per heavy atom. The maximum absolute atomic E-state index is 12.9. The molecule has 8 heteroatoms. The number of carbonyl (C=O) groups excluding carboxylic acids is 2. The molecule has 2 fully saturated rings. The van der Waals surface area contributed by atoms with Crippen LogP contribution in [0.25, 0.3) is 11.0 Å². The highest BCUT2D eigenvalue weighted by Gasteiger charge is 2.33. The van der Waals surface area contributed by atoms with Gasteiger partial charge in [0.05, 0.1) is 17.1 Å². The molecule has 8 nitrogen and oxygen atoms in total. The smallest absolute Gasteiger partial charge is 0.326 e. The molecule has 0 saturated carbocycles. The van der Waals surface area contributed by atoms with Crippen molar-refractivity contribution in [2.24, 2.45) is 0 Å². The van der Waals surface area contributed by atoms with E-state index in [1.807, 2.05) is 59.2 Å². The number of nitrogens with one attached hydrogen (secondary N) is 2. The van der Waals surface area contributed by atoms with Crippen LogP contribution in [0.4, 0.5) is 4.79 Å². The zero-order valence-corrected chi connectivity index (χ0v) is 20.7. The first-order valence-electron chi connectivity index (χ1n) is 13.2. The van der Waals surface area contributed by atoms with Crippen LogP contribution in [0.1, 0.15) is 62.6 Å². The number of aromatic nitrogens is 2. The van der Waals surface area contributed by atoms with Crippen LogP contribution in [0.15, 0.2) is 59.4 Å². The first kappa shape index (κ1) is 24.3. The summed E-state index contributed by atoms with van der Waals surface area (Å²) in [5.41, 5.74) is 2.87. The minimum atomic E-state index is -0.279. The fraction of sp³-hybridized carbons (Fsp3) is 0.464. The quantitative estimate of drug-likeness (QED) is 0.487. The molecule has 3 aromatic rings. The van der Waals surface area contributed by atoms with Gasteiger partial charge >= 0.3 is 11.7 Å². The van der Waals surface area contributed by atoms with Gasteiger partial charge < -0.3 is 15.2 Å². The summed E-state index contributed by atoms with van der Waals surface area (Å²) in [5.74, 6) is -0.0928. The number of fused-ring (bicyclic) bond motifs is 1. The minimum Gasteiger partial charge on any atom is -0.338 e. The molecular weight excluding hydrogens is 454 g/mol. The van der Waals surface area contributed by atoms with Gasteiger partial charge in [-0.3, -0.25) is 14.3 Å². The summed E-state index contributed by atoms with van der Waals surface area (Å²) in [4.78, 5) is 44.8. The Morgan fingerprint density at radius 2 is 1.69 bits per heavy atom. The Hall–Kier alpha value is -3.39. The average Bonchev–Trinajstić information content (AvgIpc) is 3.24. The van der Waals surface area contributed by atoms with E-state index in [2.05, 4.69) is 15.2 Å². The Morgan fingerprint density at radius 3 is 2.50 bits per heavy atom. The first-order chi connectivity index (χ1) is 17.6. The van der Waals surface area contributed by atoms with Crippen LogP contribution in [-0.4, -0.2) is 57.5 Å². The van der Waals surface area contributed by atoms with E-state index in [1.54, 1.807) is 0 Å². The Balaban J connectivity index is 1.05. The molecule has 190 valence electrons. The third-order valence-corrected chi connectivity index (χ3v) is 7.58. The number of imide groups is 1. The Bertz CT molecular complexity index is 1240. The van der Waals surface area contributed by atoms with Gasteiger partial charge in [0.15, 0.2) is 0 Å². The molecule has 36 heavy (non-hydrogen) atoms. The molecule has 3 heterocycles. The maximum Gasteiger partial charge on any atom is 0.326 e. The second kappa shape index (κ2) is 11.1. The number of aromatic amines is 1. The number of amides is 3. The fourth-order valence-electron chi connectivity index (χ4n) is 5.69. The fourth-order valence-corrected chi connectivity index (χ4v) is 5.69. The van der Waals surface area contributed by atoms with Gasteiger partial charge in [0.25, 0.3) is 0 Å². The third-order valence-electron chi connectivity index (χ3n) is 7.58. The largest absolute Gasteiger partial charge is 0.338 e. The van der Waals surface area contributed by atoms with Gasteiger partial charge in [0.2, 0.25) is 5.91 Å². The predicted molar refractivity (Wildman–Crippen MR) is 140 cm³/mol. The number of piperidine rings is 2. The van der Waals surface area contributed by atoms with Gasteiger partial charge in [-0.2, -0.15) is 0 Å². The van der Waals surface area contributed by atoms with Crippen LogP contribution in [0.3, 0.4) is 0 Å². The number of hydrogen-bond donors (Lipinski definition) is 2. The number of unbranched alkanes of at least 4 members (excludes halogenated alkanes) is 1. The molecule has 2 aromatic carbocycles. The number of carbonyl (C=O) groups is 2. The topological polar surface area (TPSA) is 90.4 Å². The molecule has 2 aliphatic heterocycles. The third kappa shape index (κ3) is 5.23. The van der Waals surface area contributed by atoms with E-state index in [0.717, 1.165) is 74.8 Å². The summed E-state index contributed by atoms with van der Waals surface area (Å²) in [6.07, 6.45) is 5.81. The molecule has 2 N–H and O–H groups in total. The number of rotatable bonds is 7. The predicted octanol–water partition coefficient (Wildman–Crippen LogP) is 4.21. The van der Waals surface area contributed by atoms with Crippen LogP contribution in [0.5, 0.6) is 0 Å². The van der Waals surface area contributed by atoms with Crippen molar-refractivity contribution in [2.45, 2.75) is 57.0 Å². The van der Waals surface area contributed by atoms with E-state index >= 15 is 0 Å². The highest BCUT2D eigenvalue weighted by atomic mass is 16.2. The van der Waals surface area contributed by atoms with Gasteiger partial charge in [-0.15, -0.1) is 0 Å². The molecule has 1 unspecified atom stereocenters. The highest BCUT2D eigenvalue weighted by molar-refractivity contribution is 5.95. The standard InChI is InChI=1S/C28H35N5O3/c34-26-14-8-13-24(21-9-2-1-3-10-21)33(26)27(35)29-17-6-7-18-31-19-15-22(16-20-31)32-25-12-5-4-11-23(25)30-28(32)36/h1-5,9-12,22,24H,6-8,13-20H2,(H,29,35)(H,30,36). The summed E-state index contributed by atoms with van der Waals surface area (Å²) in [5, 5.41) is 2.98. The lowest BCUT2D eigenvalue weighted by Crippen LogP contribution is -2.48. The molecule has 0 radical (unpaired) electrons. The number of hydrogen-bond acceptors (Lipinski definition) is 4. The monoisotopic (exact) mass is 489 g/mol. The Labute approximate surface area is 211 Å². The van der Waals surface area contributed by atoms with Crippen LogP contribution in [-0.2, 0) is 4.79 Å². The summed E-state index contributed by atoms with van der Waals surface area (Å²) in [7, 11) is 0. The molecule has 0 bridgehead atoms. The molecule has 2 aliphatic rings. The van der Waals surface area contributed by atoms with Crippen LogP contribution >= 0.6 is 0 Å². The average molecular weight is 490 g/mol. The van der Waals surface area contributed by atoms with Crippen LogP contribution in [0, 0.1) is 0 Å². The van der Waals surface area contributed by atoms with Crippen molar-refractivity contribution in [3.05, 3.63) is 70.6 Å². The molecule has 2 saturated heterocycles. The van der Waals surface area contributed by atoms with E-state index in [1.165, 1.54) is 4.90 Å². The second-order valence-corrected chi connectivity index (χ2v) is 9.91. The lowest BCUT2D eigenvalue weighted by molar-refractivity contribution is -0.132. The molecule has 3 amide bonds. The SMILES string of the molecule is O=C1CCCC(c2ccccc2)N1C(=O)NCCCCN1CCC(n2c(=O)[nH]c3ccccc32)CC1. The summed E-state index contributed by atoms with van der Waals surface area (Å²) < 4.78 is 1.92. The minimum absolute atomic E-state index is 0.0212. The lowest BCUT2D eigenvalue weighted by Gasteiger charge is -2.34. The van der Waals surface area contributed by atoms with E-state index < -0.39 is 0 Å². The number of nitrogens with zero attached hydrogens (tertiary/aromatic N) is 3. The highest BCUT2D eigenvalue weighted by Crippen LogP contribution is 2.31. The van der Waals surface area contributed by atoms with E-state index in [9.17, 15) is 14.4 Å². The number of imidazole rings is 1. The molecule has 5 rings (SSSR count). The number of urea groups is 1. The number of H-pyrrole nitrogens is 1. The van der Waals surface area contributed by atoms with Gasteiger partial charge in [-0.05, 0) is 62.8 Å². The van der Waals surface area contributed by atoms with Gasteiger partial charge in [-0.1, -0.05) is 42.5 Å². The normalized spacial score (nSPS) is 19.6. The van der Waals surface area contributed by atoms with Crippen molar-refractivity contribution in [1.82, 2.24) is 24.7 Å². The number of para-hydroxylation sites is 2. The first-order valence-corrected chi connectivity index (χ1v) is 13.2. The van der Waals surface area contributed by atoms with E-state index in [0.29, 0.717) is 13.0 Å². The second-order valence-electron chi connectivity index (χ2n) is 9.91. The summed E-state index contributed by atoms with van der Waals surface area (Å²) >= 11 is 0. The molecule has 0 spiro atoms. The number of benzene rings is 2. The van der Waals surface area contributed by atoms with Crippen molar-refractivity contribution in [1.29, 1.82) is 0 Å². The van der Waals surface area contributed by atoms with Gasteiger partial charge in [-0.25, -0.2) is 9.59 Å². The van der Waals surface area contributed by atoms with E-state index in [-0.39, 0.29) is 29.7 Å². The summed E-state index contributed by atoms with van der Waals surface area (Å²) in [6, 6.07) is 17.5. The van der Waals surface area contributed by atoms with E-state index in [4.69, 9.17) is 0 Å². The molecular formula is C28H35N5O3. The lowest BCUT2D eigenvalue weighted by atomic mass is 9.95. The zero-order chi connectivity index (χ0) is 24.9. The molecule has 1 atom stereocenters. The van der Waals surface area contributed by atoms with Crippen molar-refractivity contribution < 1.29 is 9.59 Å². The van der Waals surface area contributed by atoms with Crippen LogP contribution in [0.2, 0.25) is 0 Å². The summed E-state index contributed by atoms with van der Waals surface area (Å²) in [6.45, 7) is 3.46. The van der Waals surface area contributed by atoms with Crippen molar-refractivity contribution in [3.63, 3.8) is 0 Å². The van der Waals surface area contributed by atoms with Gasteiger partial charge in [0, 0.05) is 32.1 Å².